The molecular formula is C12H13FN4OS. The molecule has 0 spiro atoms. The lowest BCUT2D eigenvalue weighted by Crippen LogP contribution is -2.16. The van der Waals surface area contributed by atoms with E-state index in [4.69, 9.17) is 10.9 Å². The van der Waals surface area contributed by atoms with Gasteiger partial charge in [0.1, 0.15) is 5.82 Å². The van der Waals surface area contributed by atoms with Gasteiger partial charge in [-0.1, -0.05) is 23.0 Å². The molecule has 0 bridgehead atoms. The maximum absolute atomic E-state index is 13.8. The summed E-state index contributed by atoms with van der Waals surface area (Å²) in [5.41, 5.74) is 6.48. The van der Waals surface area contributed by atoms with Crippen LogP contribution in [0.1, 0.15) is 11.3 Å². The molecule has 0 fully saturated rings. The summed E-state index contributed by atoms with van der Waals surface area (Å²) in [6.07, 6.45) is 0. The van der Waals surface area contributed by atoms with E-state index in [9.17, 15) is 4.39 Å². The first-order chi connectivity index (χ1) is 9.02. The Bertz CT molecular complexity index is 639. The van der Waals surface area contributed by atoms with Gasteiger partial charge in [-0.3, -0.25) is 4.68 Å². The van der Waals surface area contributed by atoms with Gasteiger partial charge in [0.15, 0.2) is 5.84 Å². The Hall–Kier alpha value is -2.02. The molecule has 0 amide bonds. The highest BCUT2D eigenvalue weighted by Gasteiger charge is 2.15. The van der Waals surface area contributed by atoms with Crippen LogP contribution in [0.2, 0.25) is 0 Å². The minimum atomic E-state index is -0.529. The fourth-order valence-electron chi connectivity index (χ4n) is 1.68. The van der Waals surface area contributed by atoms with Crippen molar-refractivity contribution in [3.8, 4) is 0 Å². The van der Waals surface area contributed by atoms with Gasteiger partial charge in [-0.05, 0) is 25.1 Å². The van der Waals surface area contributed by atoms with E-state index in [-0.39, 0.29) is 11.4 Å². The third-order valence-electron chi connectivity index (χ3n) is 2.51. The largest absolute Gasteiger partial charge is 0.409 e. The molecule has 0 aliphatic carbocycles. The third-order valence-corrected chi connectivity index (χ3v) is 3.66. The Morgan fingerprint density at radius 3 is 2.84 bits per heavy atom. The number of amidine groups is 1. The van der Waals surface area contributed by atoms with Gasteiger partial charge in [-0.15, -0.1) is 0 Å². The van der Waals surface area contributed by atoms with Gasteiger partial charge < -0.3 is 10.9 Å². The minimum Gasteiger partial charge on any atom is -0.409 e. The highest BCUT2D eigenvalue weighted by Crippen LogP contribution is 2.31. The van der Waals surface area contributed by atoms with E-state index in [1.54, 1.807) is 23.9 Å². The standard InChI is InChI=1S/C12H13FN4OS/c1-7-6-10(17(2)15-7)19-9-5-3-4-8(13)11(9)12(14)16-18/h3-6,18H,1-2H3,(H2,14,16). The molecule has 7 heteroatoms. The van der Waals surface area contributed by atoms with Crippen LogP contribution in [0.5, 0.6) is 0 Å². The van der Waals surface area contributed by atoms with Crippen molar-refractivity contribution in [2.24, 2.45) is 17.9 Å². The molecule has 0 radical (unpaired) electrons. The van der Waals surface area contributed by atoms with Crippen LogP contribution in [-0.2, 0) is 7.05 Å². The Morgan fingerprint density at radius 1 is 1.53 bits per heavy atom. The first kappa shape index (κ1) is 13.4. The number of rotatable bonds is 3. The topological polar surface area (TPSA) is 76.4 Å². The van der Waals surface area contributed by atoms with Crippen LogP contribution in [0.3, 0.4) is 0 Å². The highest BCUT2D eigenvalue weighted by atomic mass is 32.2. The van der Waals surface area contributed by atoms with Crippen molar-refractivity contribution in [1.82, 2.24) is 9.78 Å². The summed E-state index contributed by atoms with van der Waals surface area (Å²) >= 11 is 1.31. The molecule has 1 aromatic heterocycles. The summed E-state index contributed by atoms with van der Waals surface area (Å²) in [6.45, 7) is 1.88. The molecule has 0 saturated carbocycles. The van der Waals surface area contributed by atoms with Crippen molar-refractivity contribution in [2.45, 2.75) is 16.8 Å². The summed E-state index contributed by atoms with van der Waals surface area (Å²) in [5.74, 6) is -0.779. The van der Waals surface area contributed by atoms with E-state index in [1.807, 2.05) is 13.0 Å². The van der Waals surface area contributed by atoms with Crippen molar-refractivity contribution in [3.05, 3.63) is 41.3 Å². The fourth-order valence-corrected chi connectivity index (χ4v) is 2.76. The van der Waals surface area contributed by atoms with Crippen molar-refractivity contribution in [1.29, 1.82) is 0 Å². The molecule has 19 heavy (non-hydrogen) atoms. The Morgan fingerprint density at radius 2 is 2.26 bits per heavy atom. The fraction of sp³-hybridized carbons (Fsp3) is 0.167. The summed E-state index contributed by atoms with van der Waals surface area (Å²) in [5, 5.41) is 16.7. The van der Waals surface area contributed by atoms with Gasteiger partial charge in [0, 0.05) is 11.9 Å². The van der Waals surface area contributed by atoms with Gasteiger partial charge in [-0.2, -0.15) is 5.10 Å². The molecule has 2 aromatic rings. The van der Waals surface area contributed by atoms with E-state index in [0.29, 0.717) is 4.90 Å². The number of nitrogens with two attached hydrogens (primary N) is 1. The van der Waals surface area contributed by atoms with E-state index in [2.05, 4.69) is 10.3 Å². The number of halogens is 1. The summed E-state index contributed by atoms with van der Waals surface area (Å²) in [7, 11) is 1.80. The number of oxime groups is 1. The Balaban J connectivity index is 2.46. The summed E-state index contributed by atoms with van der Waals surface area (Å²) < 4.78 is 15.5. The number of benzene rings is 1. The first-order valence-corrected chi connectivity index (χ1v) is 6.29. The predicted octanol–water partition coefficient (Wildman–Crippen LogP) is 2.11. The van der Waals surface area contributed by atoms with Crippen LogP contribution in [-0.4, -0.2) is 20.8 Å². The molecule has 100 valence electrons. The first-order valence-electron chi connectivity index (χ1n) is 5.48. The van der Waals surface area contributed by atoms with E-state index < -0.39 is 5.82 Å². The number of nitrogens with zero attached hydrogens (tertiary/aromatic N) is 3. The van der Waals surface area contributed by atoms with Crippen molar-refractivity contribution in [3.63, 3.8) is 0 Å². The van der Waals surface area contributed by atoms with E-state index in [1.165, 1.54) is 17.8 Å². The van der Waals surface area contributed by atoms with Crippen LogP contribution in [0.15, 0.2) is 39.3 Å². The molecule has 5 nitrogen and oxygen atoms in total. The molecule has 0 aliphatic heterocycles. The minimum absolute atomic E-state index is 0.0915. The maximum atomic E-state index is 13.8. The average molecular weight is 280 g/mol. The lowest BCUT2D eigenvalue weighted by atomic mass is 10.2. The normalized spacial score (nSPS) is 11.8. The van der Waals surface area contributed by atoms with Gasteiger partial charge >= 0.3 is 0 Å². The van der Waals surface area contributed by atoms with Crippen molar-refractivity contribution >= 4 is 17.6 Å². The van der Waals surface area contributed by atoms with Crippen LogP contribution >= 0.6 is 11.8 Å². The third kappa shape index (κ3) is 2.70. The van der Waals surface area contributed by atoms with Gasteiger partial charge in [0.25, 0.3) is 0 Å². The van der Waals surface area contributed by atoms with E-state index >= 15 is 0 Å². The maximum Gasteiger partial charge on any atom is 0.174 e. The second kappa shape index (κ2) is 5.31. The molecule has 1 heterocycles. The molecular weight excluding hydrogens is 267 g/mol. The van der Waals surface area contributed by atoms with Crippen LogP contribution in [0, 0.1) is 12.7 Å². The van der Waals surface area contributed by atoms with Crippen LogP contribution in [0.4, 0.5) is 4.39 Å². The smallest absolute Gasteiger partial charge is 0.174 e. The molecule has 3 N–H and O–H groups in total. The van der Waals surface area contributed by atoms with Gasteiger partial charge in [0.2, 0.25) is 0 Å². The second-order valence-corrected chi connectivity index (χ2v) is 5.01. The Kier molecular flexibility index (Phi) is 3.75. The average Bonchev–Trinajstić information content (AvgIpc) is 2.67. The summed E-state index contributed by atoms with van der Waals surface area (Å²) in [6, 6.07) is 6.44. The van der Waals surface area contributed by atoms with Gasteiger partial charge in [0.05, 0.1) is 16.3 Å². The van der Waals surface area contributed by atoms with Crippen molar-refractivity contribution < 1.29 is 9.60 Å². The Labute approximate surface area is 113 Å². The zero-order chi connectivity index (χ0) is 14.0. The number of hydrogen-bond donors (Lipinski definition) is 2. The zero-order valence-electron chi connectivity index (χ0n) is 10.5. The predicted molar refractivity (Wildman–Crippen MR) is 71.0 cm³/mol. The molecule has 0 saturated heterocycles. The lowest BCUT2D eigenvalue weighted by molar-refractivity contribution is 0.318. The molecule has 1 aromatic carbocycles. The van der Waals surface area contributed by atoms with Crippen LogP contribution < -0.4 is 5.73 Å². The van der Waals surface area contributed by atoms with E-state index in [0.717, 1.165) is 10.7 Å². The second-order valence-electron chi connectivity index (χ2n) is 3.95. The lowest BCUT2D eigenvalue weighted by Gasteiger charge is -2.08. The monoisotopic (exact) mass is 280 g/mol. The van der Waals surface area contributed by atoms with Crippen LogP contribution in [0.25, 0.3) is 0 Å². The van der Waals surface area contributed by atoms with Crippen molar-refractivity contribution in [2.75, 3.05) is 0 Å². The van der Waals surface area contributed by atoms with Gasteiger partial charge in [-0.25, -0.2) is 4.39 Å². The SMILES string of the molecule is Cc1cc(Sc2cccc(F)c2C(N)=NO)n(C)n1. The summed E-state index contributed by atoms with van der Waals surface area (Å²) in [4.78, 5) is 0.568. The highest BCUT2D eigenvalue weighted by molar-refractivity contribution is 7.99. The number of hydrogen-bond acceptors (Lipinski definition) is 4. The molecule has 0 aliphatic rings. The number of aryl methyl sites for hydroxylation is 2. The zero-order valence-corrected chi connectivity index (χ0v) is 11.3. The number of aromatic nitrogens is 2. The molecule has 0 unspecified atom stereocenters. The molecule has 0 atom stereocenters. The quantitative estimate of drug-likeness (QED) is 0.391. The molecule has 2 rings (SSSR count).